The number of carboxylic acids is 1. The van der Waals surface area contributed by atoms with Crippen molar-refractivity contribution in [1.82, 2.24) is 9.21 Å². The van der Waals surface area contributed by atoms with Crippen LogP contribution in [-0.2, 0) is 14.8 Å². The van der Waals surface area contributed by atoms with E-state index < -0.39 is 16.0 Å². The number of carbonyl (C=O) groups is 2. The molecule has 0 saturated carbocycles. The van der Waals surface area contributed by atoms with Crippen LogP contribution >= 0.6 is 0 Å². The number of rotatable bonds is 8. The summed E-state index contributed by atoms with van der Waals surface area (Å²) in [4.78, 5) is 24.5. The third kappa shape index (κ3) is 4.53. The van der Waals surface area contributed by atoms with Gasteiger partial charge < -0.3 is 14.7 Å². The number of methoxy groups -OCH3 is 1. The van der Waals surface area contributed by atoms with E-state index in [1.807, 2.05) is 0 Å². The number of carboxylic acid groups (broad SMARTS) is 1. The highest BCUT2D eigenvalue weighted by molar-refractivity contribution is 7.89. The van der Waals surface area contributed by atoms with Crippen molar-refractivity contribution in [3.8, 4) is 5.75 Å². The molecule has 26 heavy (non-hydrogen) atoms. The van der Waals surface area contributed by atoms with E-state index in [4.69, 9.17) is 9.84 Å². The van der Waals surface area contributed by atoms with Crippen LogP contribution in [0.2, 0.25) is 0 Å². The van der Waals surface area contributed by atoms with Crippen LogP contribution in [0.25, 0.3) is 0 Å². The fraction of sp³-hybridized carbons (Fsp3) is 0.529. The zero-order valence-electron chi connectivity index (χ0n) is 15.0. The summed E-state index contributed by atoms with van der Waals surface area (Å²) in [5.41, 5.74) is 0.224. The molecule has 9 heteroatoms. The molecular weight excluding hydrogens is 360 g/mol. The Morgan fingerprint density at radius 3 is 2.50 bits per heavy atom. The van der Waals surface area contributed by atoms with Gasteiger partial charge in [-0.1, -0.05) is 0 Å². The van der Waals surface area contributed by atoms with Gasteiger partial charge in [-0.25, -0.2) is 8.42 Å². The van der Waals surface area contributed by atoms with Crippen molar-refractivity contribution in [2.75, 3.05) is 33.8 Å². The van der Waals surface area contributed by atoms with E-state index in [0.29, 0.717) is 19.5 Å². The van der Waals surface area contributed by atoms with E-state index in [0.717, 1.165) is 12.8 Å². The van der Waals surface area contributed by atoms with Crippen LogP contribution in [0.5, 0.6) is 5.75 Å². The second-order valence-corrected chi connectivity index (χ2v) is 8.11. The summed E-state index contributed by atoms with van der Waals surface area (Å²) < 4.78 is 32.3. The fourth-order valence-corrected chi connectivity index (χ4v) is 4.57. The SMILES string of the molecule is COc1ccc(C(=O)N(C)CCCC(=O)O)cc1S(=O)(=O)N1CCCC1. The van der Waals surface area contributed by atoms with Crippen molar-refractivity contribution in [3.05, 3.63) is 23.8 Å². The summed E-state index contributed by atoms with van der Waals surface area (Å²) in [6.07, 6.45) is 1.92. The molecule has 0 aromatic heterocycles. The van der Waals surface area contributed by atoms with Gasteiger partial charge in [-0.3, -0.25) is 9.59 Å². The number of aliphatic carboxylic acids is 1. The van der Waals surface area contributed by atoms with Gasteiger partial charge in [0.25, 0.3) is 5.91 Å². The van der Waals surface area contributed by atoms with Crippen LogP contribution < -0.4 is 4.74 Å². The molecule has 1 aromatic rings. The van der Waals surface area contributed by atoms with Gasteiger partial charge in [-0.15, -0.1) is 0 Å². The van der Waals surface area contributed by atoms with E-state index in [1.165, 1.54) is 34.5 Å². The normalized spacial score (nSPS) is 15.0. The summed E-state index contributed by atoms with van der Waals surface area (Å²) in [7, 11) is -0.786. The first-order valence-electron chi connectivity index (χ1n) is 8.43. The van der Waals surface area contributed by atoms with E-state index in [9.17, 15) is 18.0 Å². The Labute approximate surface area is 153 Å². The Kier molecular flexibility index (Phi) is 6.60. The Morgan fingerprint density at radius 2 is 1.92 bits per heavy atom. The summed E-state index contributed by atoms with van der Waals surface area (Å²) in [6, 6.07) is 4.32. The maximum Gasteiger partial charge on any atom is 0.303 e. The summed E-state index contributed by atoms with van der Waals surface area (Å²) in [5.74, 6) is -1.09. The second-order valence-electron chi connectivity index (χ2n) is 6.20. The van der Waals surface area contributed by atoms with Gasteiger partial charge in [0.15, 0.2) is 0 Å². The molecule has 0 atom stereocenters. The molecule has 1 aromatic carbocycles. The quantitative estimate of drug-likeness (QED) is 0.727. The molecule has 0 bridgehead atoms. The first-order valence-corrected chi connectivity index (χ1v) is 9.87. The monoisotopic (exact) mass is 384 g/mol. The average Bonchev–Trinajstić information content (AvgIpc) is 3.15. The van der Waals surface area contributed by atoms with Crippen LogP contribution in [0.1, 0.15) is 36.0 Å². The summed E-state index contributed by atoms with van der Waals surface area (Å²) >= 11 is 0. The van der Waals surface area contributed by atoms with Crippen molar-refractivity contribution in [2.45, 2.75) is 30.6 Å². The minimum Gasteiger partial charge on any atom is -0.495 e. The minimum absolute atomic E-state index is 0.0216. The first-order chi connectivity index (χ1) is 12.3. The molecule has 1 aliphatic heterocycles. The molecule has 0 radical (unpaired) electrons. The minimum atomic E-state index is -3.73. The van der Waals surface area contributed by atoms with Crippen LogP contribution in [-0.4, -0.2) is 68.4 Å². The molecule has 1 aliphatic rings. The molecule has 8 nitrogen and oxygen atoms in total. The predicted molar refractivity (Wildman–Crippen MR) is 94.8 cm³/mol. The summed E-state index contributed by atoms with van der Waals surface area (Å²) in [6.45, 7) is 1.18. The molecule has 0 spiro atoms. The van der Waals surface area contributed by atoms with E-state index in [-0.39, 0.29) is 35.1 Å². The van der Waals surface area contributed by atoms with Gasteiger partial charge in [-0.05, 0) is 37.5 Å². The Balaban J connectivity index is 2.25. The third-order valence-corrected chi connectivity index (χ3v) is 6.24. The number of ether oxygens (including phenoxy) is 1. The van der Waals surface area contributed by atoms with Crippen molar-refractivity contribution < 1.29 is 27.9 Å². The standard InChI is InChI=1S/C17H24N2O6S/c1-18(9-5-6-16(20)21)17(22)13-7-8-14(25-2)15(12-13)26(23,24)19-10-3-4-11-19/h7-8,12H,3-6,9-11H2,1-2H3,(H,20,21). The van der Waals surface area contributed by atoms with Gasteiger partial charge in [0.2, 0.25) is 10.0 Å². The molecule has 0 aliphatic carbocycles. The van der Waals surface area contributed by atoms with E-state index in [1.54, 1.807) is 7.05 Å². The lowest BCUT2D eigenvalue weighted by atomic mass is 10.2. The molecular formula is C17H24N2O6S. The number of nitrogens with zero attached hydrogens (tertiary/aromatic N) is 2. The summed E-state index contributed by atoms with van der Waals surface area (Å²) in [5, 5.41) is 8.68. The van der Waals surface area contributed by atoms with Crippen molar-refractivity contribution >= 4 is 21.9 Å². The predicted octanol–water partition coefficient (Wildman–Crippen LogP) is 1.42. The lowest BCUT2D eigenvalue weighted by molar-refractivity contribution is -0.137. The average molecular weight is 384 g/mol. The van der Waals surface area contributed by atoms with Crippen molar-refractivity contribution in [3.63, 3.8) is 0 Å². The number of carbonyl (C=O) groups excluding carboxylic acids is 1. The highest BCUT2D eigenvalue weighted by atomic mass is 32.2. The second kappa shape index (κ2) is 8.50. The third-order valence-electron chi connectivity index (χ3n) is 4.32. The van der Waals surface area contributed by atoms with Crippen molar-refractivity contribution in [2.24, 2.45) is 0 Å². The van der Waals surface area contributed by atoms with Gasteiger partial charge in [0.05, 0.1) is 7.11 Å². The maximum absolute atomic E-state index is 12.9. The Morgan fingerprint density at radius 1 is 1.27 bits per heavy atom. The smallest absolute Gasteiger partial charge is 0.303 e. The number of hydrogen-bond donors (Lipinski definition) is 1. The Bertz CT molecular complexity index is 771. The van der Waals surface area contributed by atoms with Crippen LogP contribution in [0, 0.1) is 0 Å². The molecule has 0 unspecified atom stereocenters. The topological polar surface area (TPSA) is 104 Å². The van der Waals surface area contributed by atoms with Gasteiger partial charge >= 0.3 is 5.97 Å². The van der Waals surface area contributed by atoms with Crippen LogP contribution in [0.3, 0.4) is 0 Å². The zero-order valence-corrected chi connectivity index (χ0v) is 15.8. The fourth-order valence-electron chi connectivity index (χ4n) is 2.87. The zero-order chi connectivity index (χ0) is 19.3. The number of hydrogen-bond acceptors (Lipinski definition) is 5. The highest BCUT2D eigenvalue weighted by Gasteiger charge is 2.31. The van der Waals surface area contributed by atoms with E-state index in [2.05, 4.69) is 0 Å². The molecule has 1 heterocycles. The highest BCUT2D eigenvalue weighted by Crippen LogP contribution is 2.30. The van der Waals surface area contributed by atoms with Crippen LogP contribution in [0.4, 0.5) is 0 Å². The van der Waals surface area contributed by atoms with Crippen LogP contribution in [0.15, 0.2) is 23.1 Å². The largest absolute Gasteiger partial charge is 0.495 e. The lowest BCUT2D eigenvalue weighted by Gasteiger charge is -2.20. The van der Waals surface area contributed by atoms with Gasteiger partial charge in [0.1, 0.15) is 10.6 Å². The van der Waals surface area contributed by atoms with Crippen molar-refractivity contribution in [1.29, 1.82) is 0 Å². The number of sulfonamides is 1. The number of benzene rings is 1. The maximum atomic E-state index is 12.9. The van der Waals surface area contributed by atoms with Gasteiger partial charge in [0, 0.05) is 38.7 Å². The molecule has 1 saturated heterocycles. The van der Waals surface area contributed by atoms with Gasteiger partial charge in [-0.2, -0.15) is 4.31 Å². The molecule has 1 fully saturated rings. The number of amides is 1. The van der Waals surface area contributed by atoms with E-state index >= 15 is 0 Å². The molecule has 1 amide bonds. The Hall–Kier alpha value is -2.13. The molecule has 144 valence electrons. The molecule has 1 N–H and O–H groups in total. The molecule has 2 rings (SSSR count). The first kappa shape index (κ1) is 20.2. The lowest BCUT2D eigenvalue weighted by Crippen LogP contribution is -2.30.